The molecule has 1 unspecified atom stereocenters. The van der Waals surface area contributed by atoms with Crippen LogP contribution in [0.15, 0.2) is 18.3 Å². The zero-order chi connectivity index (χ0) is 8.97. The molecule has 0 saturated heterocycles. The van der Waals surface area contributed by atoms with E-state index in [-0.39, 0.29) is 4.83 Å². The van der Waals surface area contributed by atoms with Gasteiger partial charge in [0.2, 0.25) is 5.88 Å². The van der Waals surface area contributed by atoms with Gasteiger partial charge in [-0.25, -0.2) is 4.98 Å². The molecule has 12 heavy (non-hydrogen) atoms. The SMILES string of the molecule is COc1ncccc1C(Br)C#N. The molecule has 0 fully saturated rings. The van der Waals surface area contributed by atoms with Crippen molar-refractivity contribution in [2.24, 2.45) is 0 Å². The molecular weight excluding hydrogens is 220 g/mol. The number of aromatic nitrogens is 1. The van der Waals surface area contributed by atoms with Gasteiger partial charge in [0, 0.05) is 11.8 Å². The molecule has 4 heteroatoms. The average molecular weight is 227 g/mol. The number of methoxy groups -OCH3 is 1. The third kappa shape index (κ3) is 1.74. The maximum absolute atomic E-state index is 8.63. The fourth-order valence-electron chi connectivity index (χ4n) is 0.836. The normalized spacial score (nSPS) is 11.8. The van der Waals surface area contributed by atoms with Crippen molar-refractivity contribution in [2.75, 3.05) is 7.11 Å². The van der Waals surface area contributed by atoms with E-state index >= 15 is 0 Å². The van der Waals surface area contributed by atoms with Crippen LogP contribution in [0.2, 0.25) is 0 Å². The number of hydrogen-bond acceptors (Lipinski definition) is 3. The molecule has 0 aliphatic rings. The smallest absolute Gasteiger partial charge is 0.218 e. The number of alkyl halides is 1. The number of nitrogens with zero attached hydrogens (tertiary/aromatic N) is 2. The first-order chi connectivity index (χ1) is 5.79. The summed E-state index contributed by atoms with van der Waals surface area (Å²) in [7, 11) is 1.53. The summed E-state index contributed by atoms with van der Waals surface area (Å²) in [6.45, 7) is 0. The van der Waals surface area contributed by atoms with Crippen LogP contribution in [0, 0.1) is 11.3 Å². The van der Waals surface area contributed by atoms with Gasteiger partial charge >= 0.3 is 0 Å². The van der Waals surface area contributed by atoms with Crippen molar-refractivity contribution >= 4 is 15.9 Å². The summed E-state index contributed by atoms with van der Waals surface area (Å²) in [5.41, 5.74) is 0.752. The summed E-state index contributed by atoms with van der Waals surface area (Å²) in [5.74, 6) is 0.487. The molecule has 0 saturated carbocycles. The minimum Gasteiger partial charge on any atom is -0.481 e. The van der Waals surface area contributed by atoms with Gasteiger partial charge in [-0.2, -0.15) is 5.26 Å². The zero-order valence-corrected chi connectivity index (χ0v) is 8.08. The minimum absolute atomic E-state index is 0.360. The Hall–Kier alpha value is -1.08. The van der Waals surface area contributed by atoms with Crippen LogP contribution >= 0.6 is 15.9 Å². The number of nitriles is 1. The van der Waals surface area contributed by atoms with Gasteiger partial charge in [-0.3, -0.25) is 0 Å². The van der Waals surface area contributed by atoms with Gasteiger partial charge in [-0.1, -0.05) is 15.9 Å². The van der Waals surface area contributed by atoms with E-state index in [0.29, 0.717) is 5.88 Å². The Morgan fingerprint density at radius 1 is 1.75 bits per heavy atom. The Morgan fingerprint density at radius 2 is 2.50 bits per heavy atom. The number of ether oxygens (including phenoxy) is 1. The monoisotopic (exact) mass is 226 g/mol. The Balaban J connectivity index is 3.06. The fraction of sp³-hybridized carbons (Fsp3) is 0.250. The second kappa shape index (κ2) is 4.07. The molecule has 0 bridgehead atoms. The van der Waals surface area contributed by atoms with Crippen molar-refractivity contribution < 1.29 is 4.74 Å². The Morgan fingerprint density at radius 3 is 3.08 bits per heavy atom. The van der Waals surface area contributed by atoms with Crippen LogP contribution in [0.4, 0.5) is 0 Å². The van der Waals surface area contributed by atoms with Gasteiger partial charge < -0.3 is 4.74 Å². The summed E-state index contributed by atoms with van der Waals surface area (Å²) < 4.78 is 4.98. The number of rotatable bonds is 2. The first-order valence-electron chi connectivity index (χ1n) is 3.32. The minimum atomic E-state index is -0.360. The van der Waals surface area contributed by atoms with Crippen LogP contribution in [-0.4, -0.2) is 12.1 Å². The molecule has 0 aromatic carbocycles. The lowest BCUT2D eigenvalue weighted by Gasteiger charge is -2.05. The summed E-state index contributed by atoms with van der Waals surface area (Å²) in [6.07, 6.45) is 1.62. The number of pyridine rings is 1. The predicted octanol–water partition coefficient (Wildman–Crippen LogP) is 2.05. The van der Waals surface area contributed by atoms with Crippen molar-refractivity contribution in [2.45, 2.75) is 4.83 Å². The third-order valence-electron chi connectivity index (χ3n) is 1.38. The van der Waals surface area contributed by atoms with E-state index in [4.69, 9.17) is 10.00 Å². The Kier molecular flexibility index (Phi) is 3.06. The first kappa shape index (κ1) is 9.01. The van der Waals surface area contributed by atoms with Gasteiger partial charge in [0.25, 0.3) is 0 Å². The highest BCUT2D eigenvalue weighted by Gasteiger charge is 2.11. The van der Waals surface area contributed by atoms with Crippen LogP contribution in [0.1, 0.15) is 10.4 Å². The zero-order valence-electron chi connectivity index (χ0n) is 6.49. The van der Waals surface area contributed by atoms with Crippen molar-refractivity contribution in [3.8, 4) is 11.9 Å². The Labute approximate surface area is 79.1 Å². The molecule has 1 aromatic rings. The van der Waals surface area contributed by atoms with E-state index in [1.165, 1.54) is 7.11 Å². The molecule has 0 aliphatic heterocycles. The average Bonchev–Trinajstić information content (AvgIpc) is 2.16. The molecule has 0 spiro atoms. The third-order valence-corrected chi connectivity index (χ3v) is 2.08. The lowest BCUT2D eigenvalue weighted by atomic mass is 10.2. The Bertz CT molecular complexity index is 308. The van der Waals surface area contributed by atoms with Crippen LogP contribution in [0.5, 0.6) is 5.88 Å². The molecule has 1 atom stereocenters. The van der Waals surface area contributed by atoms with Crippen LogP contribution < -0.4 is 4.74 Å². The maximum Gasteiger partial charge on any atom is 0.218 e. The topological polar surface area (TPSA) is 45.9 Å². The quantitative estimate of drug-likeness (QED) is 0.726. The van der Waals surface area contributed by atoms with Gasteiger partial charge in [-0.15, -0.1) is 0 Å². The molecule has 0 amide bonds. The second-order valence-corrected chi connectivity index (χ2v) is 3.01. The molecule has 1 heterocycles. The van der Waals surface area contributed by atoms with Gasteiger partial charge in [0.15, 0.2) is 0 Å². The summed E-state index contributed by atoms with van der Waals surface area (Å²) >= 11 is 3.20. The molecule has 0 radical (unpaired) electrons. The van der Waals surface area contributed by atoms with Gasteiger partial charge in [0.1, 0.15) is 4.83 Å². The summed E-state index contributed by atoms with van der Waals surface area (Å²) in [4.78, 5) is 3.60. The van der Waals surface area contributed by atoms with Crippen LogP contribution in [-0.2, 0) is 0 Å². The highest BCUT2D eigenvalue weighted by Crippen LogP contribution is 2.27. The summed E-state index contributed by atoms with van der Waals surface area (Å²) in [5, 5.41) is 8.63. The predicted molar refractivity (Wildman–Crippen MR) is 48.1 cm³/mol. The molecule has 3 nitrogen and oxygen atoms in total. The number of hydrogen-bond donors (Lipinski definition) is 0. The second-order valence-electron chi connectivity index (χ2n) is 2.09. The van der Waals surface area contributed by atoms with Crippen molar-refractivity contribution in [3.05, 3.63) is 23.9 Å². The fourth-order valence-corrected chi connectivity index (χ4v) is 1.18. The van der Waals surface area contributed by atoms with E-state index in [0.717, 1.165) is 5.56 Å². The van der Waals surface area contributed by atoms with Crippen LogP contribution in [0.25, 0.3) is 0 Å². The maximum atomic E-state index is 8.63. The lowest BCUT2D eigenvalue weighted by molar-refractivity contribution is 0.393. The molecule has 0 aliphatic carbocycles. The highest BCUT2D eigenvalue weighted by atomic mass is 79.9. The lowest BCUT2D eigenvalue weighted by Crippen LogP contribution is -1.95. The largest absolute Gasteiger partial charge is 0.481 e. The van der Waals surface area contributed by atoms with E-state index in [9.17, 15) is 0 Å². The molecule has 0 N–H and O–H groups in total. The standard InChI is InChI=1S/C8H7BrN2O/c1-12-8-6(7(9)5-10)3-2-4-11-8/h2-4,7H,1H3. The van der Waals surface area contributed by atoms with Crippen molar-refractivity contribution in [3.63, 3.8) is 0 Å². The van der Waals surface area contributed by atoms with Gasteiger partial charge in [0.05, 0.1) is 13.2 Å². The van der Waals surface area contributed by atoms with E-state index in [1.807, 2.05) is 0 Å². The van der Waals surface area contributed by atoms with Gasteiger partial charge in [-0.05, 0) is 12.1 Å². The van der Waals surface area contributed by atoms with Crippen LogP contribution in [0.3, 0.4) is 0 Å². The first-order valence-corrected chi connectivity index (χ1v) is 4.23. The summed E-state index contributed by atoms with van der Waals surface area (Å²) in [6, 6.07) is 5.62. The molecule has 1 aromatic heterocycles. The van der Waals surface area contributed by atoms with Crippen molar-refractivity contribution in [1.82, 2.24) is 4.98 Å². The number of halogens is 1. The molecule has 62 valence electrons. The molecular formula is C8H7BrN2O. The van der Waals surface area contributed by atoms with E-state index in [1.54, 1.807) is 18.3 Å². The van der Waals surface area contributed by atoms with E-state index in [2.05, 4.69) is 27.0 Å². The van der Waals surface area contributed by atoms with E-state index < -0.39 is 0 Å². The highest BCUT2D eigenvalue weighted by molar-refractivity contribution is 9.09. The molecule has 1 rings (SSSR count). The van der Waals surface area contributed by atoms with Crippen molar-refractivity contribution in [1.29, 1.82) is 5.26 Å².